The largest absolute Gasteiger partial charge is 0.477 e. The quantitative estimate of drug-likeness (QED) is 0.688. The van der Waals surface area contributed by atoms with E-state index in [4.69, 9.17) is 4.74 Å². The molecule has 0 radical (unpaired) electrons. The third-order valence-electron chi connectivity index (χ3n) is 3.98. The van der Waals surface area contributed by atoms with Gasteiger partial charge in [-0.3, -0.25) is 9.79 Å². The molecule has 2 N–H and O–H groups in total. The summed E-state index contributed by atoms with van der Waals surface area (Å²) in [6, 6.07) is 10.2. The van der Waals surface area contributed by atoms with Crippen LogP contribution in [0.1, 0.15) is 15.9 Å². The minimum Gasteiger partial charge on any atom is -0.477 e. The average Bonchev–Trinajstić information content (AvgIpc) is 3.37. The number of hydrogen-bond acceptors (Lipinski definition) is 5. The zero-order valence-electron chi connectivity index (χ0n) is 13.5. The summed E-state index contributed by atoms with van der Waals surface area (Å²) in [5.41, 5.74) is 2.24. The highest BCUT2D eigenvalue weighted by molar-refractivity contribution is 6.07. The van der Waals surface area contributed by atoms with Gasteiger partial charge in [-0.2, -0.15) is 0 Å². The van der Waals surface area contributed by atoms with E-state index in [9.17, 15) is 4.79 Å². The Balaban J connectivity index is 1.49. The predicted molar refractivity (Wildman–Crippen MR) is 94.1 cm³/mol. The molecule has 25 heavy (non-hydrogen) atoms. The summed E-state index contributed by atoms with van der Waals surface area (Å²) >= 11 is 0. The van der Waals surface area contributed by atoms with Crippen molar-refractivity contribution in [3.63, 3.8) is 0 Å². The van der Waals surface area contributed by atoms with Crippen LogP contribution in [0.3, 0.4) is 0 Å². The molecule has 0 aliphatic carbocycles. The van der Waals surface area contributed by atoms with Crippen LogP contribution in [0.2, 0.25) is 0 Å². The fourth-order valence-corrected chi connectivity index (χ4v) is 2.59. The number of aromatic nitrogens is 3. The molecule has 126 valence electrons. The molecule has 1 aliphatic heterocycles. The van der Waals surface area contributed by atoms with Gasteiger partial charge < -0.3 is 15.0 Å². The van der Waals surface area contributed by atoms with Crippen molar-refractivity contribution in [1.29, 1.82) is 0 Å². The van der Waals surface area contributed by atoms with Crippen LogP contribution >= 0.6 is 0 Å². The smallest absolute Gasteiger partial charge is 0.253 e. The molecular weight excluding hydrogens is 318 g/mol. The Kier molecular flexibility index (Phi) is 4.12. The van der Waals surface area contributed by atoms with Gasteiger partial charge in [0.15, 0.2) is 0 Å². The van der Waals surface area contributed by atoms with Crippen LogP contribution in [-0.2, 0) is 6.42 Å². The van der Waals surface area contributed by atoms with E-state index in [-0.39, 0.29) is 11.9 Å². The van der Waals surface area contributed by atoms with Crippen molar-refractivity contribution in [2.75, 3.05) is 13.2 Å². The number of rotatable bonds is 7. The molecule has 1 amide bonds. The van der Waals surface area contributed by atoms with Gasteiger partial charge in [0.25, 0.3) is 5.91 Å². The number of hydrogen-bond donors (Lipinski definition) is 2. The van der Waals surface area contributed by atoms with Gasteiger partial charge in [0.1, 0.15) is 18.0 Å². The van der Waals surface area contributed by atoms with Gasteiger partial charge >= 0.3 is 0 Å². The van der Waals surface area contributed by atoms with Crippen molar-refractivity contribution < 1.29 is 9.53 Å². The van der Waals surface area contributed by atoms with Crippen molar-refractivity contribution in [2.45, 2.75) is 12.5 Å². The number of nitrogens with zero attached hydrogens (tertiary/aromatic N) is 3. The normalized spacial score (nSPS) is 15.3. The molecule has 0 saturated heterocycles. The maximum Gasteiger partial charge on any atom is 0.253 e. The molecule has 0 spiro atoms. The monoisotopic (exact) mass is 335 g/mol. The van der Waals surface area contributed by atoms with Crippen molar-refractivity contribution in [1.82, 2.24) is 20.3 Å². The van der Waals surface area contributed by atoms with Crippen LogP contribution < -0.4 is 10.1 Å². The Morgan fingerprint density at radius 1 is 1.24 bits per heavy atom. The number of aliphatic imine (C=N–C) groups is 1. The highest BCUT2D eigenvalue weighted by atomic mass is 16.5. The van der Waals surface area contributed by atoms with Gasteiger partial charge in [-0.05, 0) is 5.56 Å². The second-order valence-corrected chi connectivity index (χ2v) is 5.76. The van der Waals surface area contributed by atoms with Gasteiger partial charge in [-0.25, -0.2) is 9.97 Å². The van der Waals surface area contributed by atoms with Crippen LogP contribution in [0, 0.1) is 0 Å². The maximum absolute atomic E-state index is 12.4. The SMILES string of the molecule is O=C(NCC1C=N1)c1c[nH]c2ncnc(OCCc3ccccc3)c12. The molecule has 0 bridgehead atoms. The fraction of sp³-hybridized carbons (Fsp3) is 0.222. The molecule has 1 unspecified atom stereocenters. The first kappa shape index (κ1) is 15.3. The molecule has 3 aromatic rings. The number of H-pyrrole nitrogens is 1. The Labute approximate surface area is 144 Å². The number of carbonyl (C=O) groups excluding carboxylic acids is 1. The minimum absolute atomic E-state index is 0.131. The molecule has 1 aliphatic rings. The molecule has 1 atom stereocenters. The van der Waals surface area contributed by atoms with Crippen molar-refractivity contribution in [3.05, 3.63) is 54.0 Å². The van der Waals surface area contributed by atoms with E-state index in [0.717, 1.165) is 6.42 Å². The first-order valence-electron chi connectivity index (χ1n) is 8.11. The zero-order valence-corrected chi connectivity index (χ0v) is 13.5. The van der Waals surface area contributed by atoms with Crippen LogP contribution in [0.25, 0.3) is 11.0 Å². The third-order valence-corrected chi connectivity index (χ3v) is 3.98. The Hall–Kier alpha value is -3.22. The number of amides is 1. The zero-order chi connectivity index (χ0) is 17.1. The maximum atomic E-state index is 12.4. The lowest BCUT2D eigenvalue weighted by Gasteiger charge is -2.08. The molecule has 0 fully saturated rings. The van der Waals surface area contributed by atoms with Crippen LogP contribution in [0.5, 0.6) is 5.88 Å². The van der Waals surface area contributed by atoms with Gasteiger partial charge in [0.2, 0.25) is 5.88 Å². The second-order valence-electron chi connectivity index (χ2n) is 5.76. The minimum atomic E-state index is -0.190. The molecule has 4 rings (SSSR count). The highest BCUT2D eigenvalue weighted by Gasteiger charge is 2.20. The standard InChI is InChI=1S/C18H17N5O2/c24-17(21-9-13-8-19-13)14-10-20-16-15(14)18(23-11-22-16)25-7-6-12-4-2-1-3-5-12/h1-5,8,10-11,13H,6-7,9H2,(H,21,24)(H,20,22,23). The number of fused-ring (bicyclic) bond motifs is 1. The molecule has 7 nitrogen and oxygen atoms in total. The summed E-state index contributed by atoms with van der Waals surface area (Å²) in [5, 5.41) is 3.45. The fourth-order valence-electron chi connectivity index (χ4n) is 2.59. The first-order chi connectivity index (χ1) is 12.3. The molecule has 0 saturated carbocycles. The lowest BCUT2D eigenvalue weighted by atomic mass is 10.2. The Morgan fingerprint density at radius 3 is 2.88 bits per heavy atom. The Bertz CT molecular complexity index is 914. The summed E-state index contributed by atoms with van der Waals surface area (Å²) < 4.78 is 5.83. The summed E-state index contributed by atoms with van der Waals surface area (Å²) in [5.74, 6) is 0.222. The van der Waals surface area contributed by atoms with Crippen molar-refractivity contribution in [2.24, 2.45) is 4.99 Å². The van der Waals surface area contributed by atoms with E-state index in [2.05, 4.69) is 25.3 Å². The summed E-state index contributed by atoms with van der Waals surface area (Å²) in [6.45, 7) is 0.974. The van der Waals surface area contributed by atoms with Gasteiger partial charge in [0, 0.05) is 25.4 Å². The lowest BCUT2D eigenvalue weighted by Crippen LogP contribution is -2.27. The van der Waals surface area contributed by atoms with E-state index in [1.165, 1.54) is 11.9 Å². The molecular formula is C18H17N5O2. The number of aromatic amines is 1. The van der Waals surface area contributed by atoms with Crippen LogP contribution in [-0.4, -0.2) is 46.3 Å². The third kappa shape index (κ3) is 3.50. The van der Waals surface area contributed by atoms with E-state index in [1.54, 1.807) is 12.4 Å². The Morgan fingerprint density at radius 2 is 2.08 bits per heavy atom. The molecule has 3 heterocycles. The van der Waals surface area contributed by atoms with E-state index in [0.29, 0.717) is 35.6 Å². The molecule has 2 aromatic heterocycles. The van der Waals surface area contributed by atoms with E-state index < -0.39 is 0 Å². The topological polar surface area (TPSA) is 92.3 Å². The number of nitrogens with one attached hydrogen (secondary N) is 2. The van der Waals surface area contributed by atoms with Crippen LogP contribution in [0.15, 0.2) is 47.8 Å². The first-order valence-corrected chi connectivity index (χ1v) is 8.11. The average molecular weight is 335 g/mol. The highest BCUT2D eigenvalue weighted by Crippen LogP contribution is 2.25. The number of carbonyl (C=O) groups is 1. The number of ether oxygens (including phenoxy) is 1. The van der Waals surface area contributed by atoms with E-state index in [1.807, 2.05) is 30.3 Å². The molecule has 1 aromatic carbocycles. The van der Waals surface area contributed by atoms with Crippen LogP contribution in [0.4, 0.5) is 0 Å². The second kappa shape index (κ2) is 6.72. The van der Waals surface area contributed by atoms with Gasteiger partial charge in [-0.15, -0.1) is 0 Å². The summed E-state index contributed by atoms with van der Waals surface area (Å²) in [4.78, 5) is 27.8. The van der Waals surface area contributed by atoms with E-state index >= 15 is 0 Å². The lowest BCUT2D eigenvalue weighted by molar-refractivity contribution is 0.0955. The summed E-state index contributed by atoms with van der Waals surface area (Å²) in [6.07, 6.45) is 5.62. The van der Waals surface area contributed by atoms with Gasteiger partial charge in [-0.1, -0.05) is 30.3 Å². The summed E-state index contributed by atoms with van der Waals surface area (Å²) in [7, 11) is 0. The van der Waals surface area contributed by atoms with Crippen molar-refractivity contribution >= 4 is 23.2 Å². The number of benzene rings is 1. The van der Waals surface area contributed by atoms with Gasteiger partial charge in [0.05, 0.1) is 17.6 Å². The van der Waals surface area contributed by atoms with Crippen molar-refractivity contribution in [3.8, 4) is 5.88 Å². The predicted octanol–water partition coefficient (Wildman–Crippen LogP) is 1.76. The molecule has 7 heteroatoms.